The topological polar surface area (TPSA) is 75.4 Å². The maximum atomic E-state index is 12.8. The van der Waals surface area contributed by atoms with Gasteiger partial charge >= 0.3 is 0 Å². The van der Waals surface area contributed by atoms with Crippen molar-refractivity contribution in [1.29, 1.82) is 0 Å². The summed E-state index contributed by atoms with van der Waals surface area (Å²) in [5.41, 5.74) is 6.47. The lowest BCUT2D eigenvalue weighted by molar-refractivity contribution is -0.134. The Morgan fingerprint density at radius 2 is 1.96 bits per heavy atom. The van der Waals surface area contributed by atoms with Crippen molar-refractivity contribution < 1.29 is 9.59 Å². The highest BCUT2D eigenvalue weighted by Crippen LogP contribution is 2.15. The third kappa shape index (κ3) is 6.49. The van der Waals surface area contributed by atoms with Gasteiger partial charge in [0.05, 0.1) is 0 Å². The molecule has 2 atom stereocenters. The maximum absolute atomic E-state index is 12.8. The zero-order valence-corrected chi connectivity index (χ0v) is 16.3. The van der Waals surface area contributed by atoms with Crippen LogP contribution in [0.3, 0.4) is 0 Å². The summed E-state index contributed by atoms with van der Waals surface area (Å²) in [6.07, 6.45) is 2.45. The zero-order valence-electron chi connectivity index (χ0n) is 14.7. The van der Waals surface area contributed by atoms with Gasteiger partial charge < -0.3 is 16.0 Å². The molecular weight excluding hydrogens is 361 g/mol. The van der Waals surface area contributed by atoms with Crippen molar-refractivity contribution >= 4 is 35.8 Å². The number of hydrogen-bond acceptors (Lipinski definition) is 3. The van der Waals surface area contributed by atoms with Gasteiger partial charge in [-0.3, -0.25) is 9.59 Å². The van der Waals surface area contributed by atoms with E-state index in [0.29, 0.717) is 36.0 Å². The van der Waals surface area contributed by atoms with Gasteiger partial charge in [0.25, 0.3) is 5.91 Å². The summed E-state index contributed by atoms with van der Waals surface area (Å²) < 4.78 is 0. The van der Waals surface area contributed by atoms with Crippen LogP contribution in [0.1, 0.15) is 43.5 Å². The van der Waals surface area contributed by atoms with Gasteiger partial charge in [-0.25, -0.2) is 0 Å². The van der Waals surface area contributed by atoms with Gasteiger partial charge in [-0.1, -0.05) is 25.4 Å². The van der Waals surface area contributed by atoms with Crippen molar-refractivity contribution in [2.24, 2.45) is 11.7 Å². The molecule has 2 amide bonds. The SMILES string of the molecule is CC(C)CC(NC(=O)c1ccc(Cl)cc1)C(=O)N1CCCC(N)C1.Cl. The number of amides is 2. The van der Waals surface area contributed by atoms with Crippen LogP contribution in [0.4, 0.5) is 0 Å². The van der Waals surface area contributed by atoms with Crippen molar-refractivity contribution in [3.05, 3.63) is 34.9 Å². The lowest BCUT2D eigenvalue weighted by atomic mass is 10.00. The Hall–Kier alpha value is -1.30. The van der Waals surface area contributed by atoms with Crippen molar-refractivity contribution in [3.8, 4) is 0 Å². The first-order chi connectivity index (χ1) is 11.4. The van der Waals surface area contributed by atoms with E-state index in [1.54, 1.807) is 29.2 Å². The van der Waals surface area contributed by atoms with E-state index in [1.807, 2.05) is 13.8 Å². The van der Waals surface area contributed by atoms with Crippen LogP contribution in [0.15, 0.2) is 24.3 Å². The molecule has 0 spiro atoms. The lowest BCUT2D eigenvalue weighted by Crippen LogP contribution is -2.53. The average Bonchev–Trinajstić information content (AvgIpc) is 2.53. The van der Waals surface area contributed by atoms with Gasteiger partial charge in [-0.2, -0.15) is 0 Å². The minimum Gasteiger partial charge on any atom is -0.340 e. The summed E-state index contributed by atoms with van der Waals surface area (Å²) in [6, 6.07) is 6.14. The highest BCUT2D eigenvalue weighted by Gasteiger charge is 2.29. The van der Waals surface area contributed by atoms with Gasteiger partial charge in [-0.15, -0.1) is 12.4 Å². The number of piperidine rings is 1. The predicted molar refractivity (Wildman–Crippen MR) is 103 cm³/mol. The normalized spacial score (nSPS) is 18.4. The maximum Gasteiger partial charge on any atom is 0.251 e. The number of rotatable bonds is 5. The Balaban J connectivity index is 0.00000312. The van der Waals surface area contributed by atoms with E-state index in [2.05, 4.69) is 5.32 Å². The van der Waals surface area contributed by atoms with Crippen molar-refractivity contribution in [2.45, 2.75) is 45.2 Å². The number of carbonyl (C=O) groups excluding carboxylic acids is 2. The fraction of sp³-hybridized carbons (Fsp3) is 0.556. The highest BCUT2D eigenvalue weighted by atomic mass is 35.5. The molecule has 7 heteroatoms. The molecule has 2 unspecified atom stereocenters. The number of likely N-dealkylation sites (tertiary alicyclic amines) is 1. The number of nitrogens with one attached hydrogen (secondary N) is 1. The first-order valence-electron chi connectivity index (χ1n) is 8.47. The number of benzene rings is 1. The fourth-order valence-electron chi connectivity index (χ4n) is 2.97. The van der Waals surface area contributed by atoms with Crippen LogP contribution in [-0.2, 0) is 4.79 Å². The second-order valence-corrected chi connectivity index (χ2v) is 7.29. The molecule has 5 nitrogen and oxygen atoms in total. The Kier molecular flexibility index (Phi) is 8.69. The summed E-state index contributed by atoms with van der Waals surface area (Å²) in [5.74, 6) is -0.00364. The number of hydrogen-bond donors (Lipinski definition) is 2. The van der Waals surface area contributed by atoms with Gasteiger partial charge in [-0.05, 0) is 49.4 Å². The Morgan fingerprint density at radius 1 is 1.32 bits per heavy atom. The van der Waals surface area contributed by atoms with Crippen LogP contribution < -0.4 is 11.1 Å². The van der Waals surface area contributed by atoms with Crippen molar-refractivity contribution in [3.63, 3.8) is 0 Å². The Labute approximate surface area is 160 Å². The molecule has 0 aliphatic carbocycles. The molecule has 1 aromatic carbocycles. The summed E-state index contributed by atoms with van der Waals surface area (Å²) in [7, 11) is 0. The Morgan fingerprint density at radius 3 is 2.52 bits per heavy atom. The molecule has 0 aromatic heterocycles. The van der Waals surface area contributed by atoms with E-state index in [1.165, 1.54) is 0 Å². The summed E-state index contributed by atoms with van der Waals surface area (Å²) in [6.45, 7) is 5.34. The number of halogens is 2. The molecule has 0 saturated carbocycles. The molecule has 3 N–H and O–H groups in total. The third-order valence-corrected chi connectivity index (χ3v) is 4.44. The minimum atomic E-state index is -0.529. The minimum absolute atomic E-state index is 0. The molecular formula is C18H27Cl2N3O2. The largest absolute Gasteiger partial charge is 0.340 e. The second kappa shape index (κ2) is 10.00. The predicted octanol–water partition coefficient (Wildman–Crippen LogP) is 2.86. The van der Waals surface area contributed by atoms with Crippen LogP contribution in [0.2, 0.25) is 5.02 Å². The standard InChI is InChI=1S/C18H26ClN3O2.ClH/c1-12(2)10-16(18(24)22-9-3-4-15(20)11-22)21-17(23)13-5-7-14(19)8-6-13;/h5-8,12,15-16H,3-4,9-11,20H2,1-2H3,(H,21,23);1H. The molecule has 0 bridgehead atoms. The van der Waals surface area contributed by atoms with E-state index in [4.69, 9.17) is 17.3 Å². The smallest absolute Gasteiger partial charge is 0.251 e. The molecule has 1 fully saturated rings. The lowest BCUT2D eigenvalue weighted by Gasteiger charge is -2.34. The van der Waals surface area contributed by atoms with E-state index >= 15 is 0 Å². The molecule has 25 heavy (non-hydrogen) atoms. The summed E-state index contributed by atoms with van der Waals surface area (Å²) >= 11 is 5.85. The molecule has 140 valence electrons. The van der Waals surface area contributed by atoms with Gasteiger partial charge in [0.1, 0.15) is 6.04 Å². The molecule has 1 aromatic rings. The number of nitrogens with two attached hydrogens (primary N) is 1. The third-order valence-electron chi connectivity index (χ3n) is 4.19. The summed E-state index contributed by atoms with van der Waals surface area (Å²) in [4.78, 5) is 27.1. The second-order valence-electron chi connectivity index (χ2n) is 6.85. The number of carbonyl (C=O) groups is 2. The zero-order chi connectivity index (χ0) is 17.7. The number of nitrogens with zero attached hydrogens (tertiary/aromatic N) is 1. The van der Waals surface area contributed by atoms with Crippen molar-refractivity contribution in [2.75, 3.05) is 13.1 Å². The van der Waals surface area contributed by atoms with E-state index in [0.717, 1.165) is 12.8 Å². The first-order valence-corrected chi connectivity index (χ1v) is 8.85. The Bertz CT molecular complexity index is 578. The fourth-order valence-corrected chi connectivity index (χ4v) is 3.09. The van der Waals surface area contributed by atoms with Gasteiger partial charge in [0.15, 0.2) is 0 Å². The van der Waals surface area contributed by atoms with Crippen LogP contribution in [0.5, 0.6) is 0 Å². The monoisotopic (exact) mass is 387 g/mol. The van der Waals surface area contributed by atoms with Crippen molar-refractivity contribution in [1.82, 2.24) is 10.2 Å². The van der Waals surface area contributed by atoms with E-state index in [9.17, 15) is 9.59 Å². The van der Waals surface area contributed by atoms with E-state index < -0.39 is 6.04 Å². The van der Waals surface area contributed by atoms with Crippen LogP contribution in [0, 0.1) is 5.92 Å². The summed E-state index contributed by atoms with van der Waals surface area (Å²) in [5, 5.41) is 3.45. The molecule has 2 rings (SSSR count). The first kappa shape index (κ1) is 21.7. The molecule has 1 aliphatic heterocycles. The molecule has 1 saturated heterocycles. The quantitative estimate of drug-likeness (QED) is 0.815. The molecule has 1 heterocycles. The average molecular weight is 388 g/mol. The van der Waals surface area contributed by atoms with Crippen LogP contribution in [0.25, 0.3) is 0 Å². The van der Waals surface area contributed by atoms with Crippen LogP contribution >= 0.6 is 24.0 Å². The molecule has 0 radical (unpaired) electrons. The van der Waals surface area contributed by atoms with Gasteiger partial charge in [0.2, 0.25) is 5.91 Å². The highest BCUT2D eigenvalue weighted by molar-refractivity contribution is 6.30. The molecule has 1 aliphatic rings. The van der Waals surface area contributed by atoms with E-state index in [-0.39, 0.29) is 30.3 Å². The van der Waals surface area contributed by atoms with Gasteiger partial charge in [0, 0.05) is 29.7 Å². The van der Waals surface area contributed by atoms with Crippen LogP contribution in [-0.4, -0.2) is 41.9 Å².